The highest BCUT2D eigenvalue weighted by atomic mass is 16.5. The molecule has 8 heteroatoms. The van der Waals surface area contributed by atoms with E-state index in [0.29, 0.717) is 48.8 Å². The number of amides is 1. The summed E-state index contributed by atoms with van der Waals surface area (Å²) >= 11 is 0. The van der Waals surface area contributed by atoms with Crippen molar-refractivity contribution in [3.63, 3.8) is 0 Å². The molecule has 2 aliphatic rings. The Hall–Kier alpha value is -3.36. The first-order chi connectivity index (χ1) is 16.5. The molecule has 1 unspecified atom stereocenters. The average Bonchev–Trinajstić information content (AvgIpc) is 3.14. The fraction of sp³-hybridized carbons (Fsp3) is 0.385. The van der Waals surface area contributed by atoms with E-state index in [1.54, 1.807) is 48.4 Å². The quantitative estimate of drug-likeness (QED) is 0.364. The van der Waals surface area contributed by atoms with E-state index in [9.17, 15) is 14.7 Å². The Labute approximate surface area is 199 Å². The average molecular weight is 467 g/mol. The Morgan fingerprint density at radius 3 is 2.38 bits per heavy atom. The predicted octanol–water partition coefficient (Wildman–Crippen LogP) is 2.85. The molecular weight excluding hydrogens is 436 g/mol. The normalized spacial score (nSPS) is 20.5. The van der Waals surface area contributed by atoms with Crippen LogP contribution in [0.4, 0.5) is 0 Å². The molecule has 1 atom stereocenters. The summed E-state index contributed by atoms with van der Waals surface area (Å²) in [5.74, 6) is -0.376. The number of methoxy groups -OCH3 is 2. The molecule has 1 N–H and O–H groups in total. The van der Waals surface area contributed by atoms with E-state index < -0.39 is 17.7 Å². The Morgan fingerprint density at radius 1 is 1.00 bits per heavy atom. The zero-order valence-electron chi connectivity index (χ0n) is 19.5. The van der Waals surface area contributed by atoms with E-state index in [4.69, 9.17) is 14.2 Å². The topological polar surface area (TPSA) is 88.5 Å². The summed E-state index contributed by atoms with van der Waals surface area (Å²) in [5.41, 5.74) is 1.19. The summed E-state index contributed by atoms with van der Waals surface area (Å²) < 4.78 is 16.0. The minimum atomic E-state index is -0.717. The van der Waals surface area contributed by atoms with Gasteiger partial charge in [-0.25, -0.2) is 0 Å². The highest BCUT2D eigenvalue weighted by molar-refractivity contribution is 6.46. The van der Waals surface area contributed by atoms with Gasteiger partial charge < -0.3 is 24.2 Å². The molecular formula is C26H30N2O6. The minimum Gasteiger partial charge on any atom is -0.507 e. The molecule has 180 valence electrons. The van der Waals surface area contributed by atoms with Crippen molar-refractivity contribution < 1.29 is 28.9 Å². The monoisotopic (exact) mass is 466 g/mol. The number of ketones is 1. The van der Waals surface area contributed by atoms with Gasteiger partial charge >= 0.3 is 0 Å². The van der Waals surface area contributed by atoms with Crippen molar-refractivity contribution in [1.82, 2.24) is 9.80 Å². The molecule has 2 aromatic rings. The third-order valence-electron chi connectivity index (χ3n) is 6.27. The van der Waals surface area contributed by atoms with Crippen LogP contribution < -0.4 is 9.47 Å². The fourth-order valence-corrected chi connectivity index (χ4v) is 4.48. The predicted molar refractivity (Wildman–Crippen MR) is 127 cm³/mol. The number of ether oxygens (including phenoxy) is 3. The first kappa shape index (κ1) is 23.8. The lowest BCUT2D eigenvalue weighted by Crippen LogP contribution is -2.38. The van der Waals surface area contributed by atoms with Gasteiger partial charge in [0.15, 0.2) is 0 Å². The second-order valence-electron chi connectivity index (χ2n) is 8.31. The number of benzene rings is 2. The first-order valence-corrected chi connectivity index (χ1v) is 11.4. The number of carbonyl (C=O) groups is 2. The van der Waals surface area contributed by atoms with E-state index in [0.717, 1.165) is 19.6 Å². The lowest BCUT2D eigenvalue weighted by molar-refractivity contribution is -0.140. The highest BCUT2D eigenvalue weighted by Crippen LogP contribution is 2.40. The van der Waals surface area contributed by atoms with E-state index in [1.807, 2.05) is 12.1 Å². The second kappa shape index (κ2) is 10.7. The van der Waals surface area contributed by atoms with Gasteiger partial charge in [0.2, 0.25) is 0 Å². The van der Waals surface area contributed by atoms with Crippen LogP contribution in [0, 0.1) is 0 Å². The van der Waals surface area contributed by atoms with Gasteiger partial charge in [0.1, 0.15) is 17.3 Å². The van der Waals surface area contributed by atoms with E-state index in [1.165, 1.54) is 7.11 Å². The van der Waals surface area contributed by atoms with Crippen molar-refractivity contribution in [2.45, 2.75) is 12.5 Å². The second-order valence-corrected chi connectivity index (χ2v) is 8.31. The SMILES string of the molecule is COc1cccc(C(O)=C2C(=O)C(=O)N(CCCN3CCOCC3)C2c2cccc(OC)c2)c1. The standard InChI is InChI=1S/C26H30N2O6/c1-32-20-8-3-6-18(16-20)23-22(24(29)19-7-4-9-21(17-19)33-2)25(30)26(31)28(23)11-5-10-27-12-14-34-15-13-27/h3-4,6-9,16-17,23,29H,5,10-15H2,1-2H3. The van der Waals surface area contributed by atoms with Crippen LogP contribution in [0.2, 0.25) is 0 Å². The zero-order valence-corrected chi connectivity index (χ0v) is 19.5. The molecule has 8 nitrogen and oxygen atoms in total. The van der Waals surface area contributed by atoms with Gasteiger partial charge in [0, 0.05) is 31.7 Å². The molecule has 2 heterocycles. The number of carbonyl (C=O) groups excluding carboxylic acids is 2. The van der Waals surface area contributed by atoms with Crippen LogP contribution >= 0.6 is 0 Å². The fourth-order valence-electron chi connectivity index (χ4n) is 4.48. The van der Waals surface area contributed by atoms with E-state index >= 15 is 0 Å². The number of morpholine rings is 1. The van der Waals surface area contributed by atoms with Crippen LogP contribution in [-0.4, -0.2) is 80.2 Å². The molecule has 2 aromatic carbocycles. The lowest BCUT2D eigenvalue weighted by Gasteiger charge is -2.29. The number of rotatable bonds is 8. The molecule has 34 heavy (non-hydrogen) atoms. The molecule has 2 saturated heterocycles. The molecule has 0 bridgehead atoms. The number of Topliss-reactive ketones (excluding diaryl/α,β-unsaturated/α-hetero) is 1. The molecule has 4 rings (SSSR count). The molecule has 2 fully saturated rings. The van der Waals surface area contributed by atoms with Crippen molar-refractivity contribution in [3.05, 3.63) is 65.2 Å². The zero-order chi connectivity index (χ0) is 24.1. The number of nitrogens with zero attached hydrogens (tertiary/aromatic N) is 2. The summed E-state index contributed by atoms with van der Waals surface area (Å²) in [6.07, 6.45) is 0.701. The Kier molecular flexibility index (Phi) is 7.49. The Balaban J connectivity index is 1.70. The van der Waals surface area contributed by atoms with Gasteiger partial charge in [-0.05, 0) is 36.2 Å². The number of aliphatic hydroxyl groups is 1. The van der Waals surface area contributed by atoms with Gasteiger partial charge in [0.05, 0.1) is 39.0 Å². The summed E-state index contributed by atoms with van der Waals surface area (Å²) in [6, 6.07) is 13.3. The minimum absolute atomic E-state index is 0.0675. The molecule has 0 aliphatic carbocycles. The molecule has 0 radical (unpaired) electrons. The summed E-state index contributed by atoms with van der Waals surface area (Å²) in [4.78, 5) is 30.2. The third-order valence-corrected chi connectivity index (χ3v) is 6.27. The maximum Gasteiger partial charge on any atom is 0.295 e. The smallest absolute Gasteiger partial charge is 0.295 e. The van der Waals surface area contributed by atoms with Crippen molar-refractivity contribution >= 4 is 17.4 Å². The van der Waals surface area contributed by atoms with Gasteiger partial charge in [0.25, 0.3) is 11.7 Å². The summed E-state index contributed by atoms with van der Waals surface area (Å²) in [7, 11) is 3.09. The molecule has 1 amide bonds. The summed E-state index contributed by atoms with van der Waals surface area (Å²) in [5, 5.41) is 11.2. The van der Waals surface area contributed by atoms with Gasteiger partial charge in [-0.2, -0.15) is 0 Å². The maximum absolute atomic E-state index is 13.2. The van der Waals surface area contributed by atoms with Crippen LogP contribution in [-0.2, 0) is 14.3 Å². The van der Waals surface area contributed by atoms with E-state index in [2.05, 4.69) is 4.90 Å². The molecule has 0 aromatic heterocycles. The number of likely N-dealkylation sites (tertiary alicyclic amines) is 1. The Morgan fingerprint density at radius 2 is 1.68 bits per heavy atom. The van der Waals surface area contributed by atoms with Crippen molar-refractivity contribution in [1.29, 1.82) is 0 Å². The van der Waals surface area contributed by atoms with Gasteiger partial charge in [-0.1, -0.05) is 24.3 Å². The molecule has 2 aliphatic heterocycles. The van der Waals surface area contributed by atoms with Gasteiger partial charge in [-0.3, -0.25) is 14.5 Å². The lowest BCUT2D eigenvalue weighted by atomic mass is 9.95. The summed E-state index contributed by atoms with van der Waals surface area (Å²) in [6.45, 7) is 4.30. The van der Waals surface area contributed by atoms with Gasteiger partial charge in [-0.15, -0.1) is 0 Å². The third kappa shape index (κ3) is 4.93. The van der Waals surface area contributed by atoms with Crippen molar-refractivity contribution in [2.24, 2.45) is 0 Å². The van der Waals surface area contributed by atoms with E-state index in [-0.39, 0.29) is 11.3 Å². The van der Waals surface area contributed by atoms with Crippen molar-refractivity contribution in [2.75, 3.05) is 53.6 Å². The molecule has 0 spiro atoms. The van der Waals surface area contributed by atoms with Crippen LogP contribution in [0.3, 0.4) is 0 Å². The number of hydrogen-bond donors (Lipinski definition) is 1. The first-order valence-electron chi connectivity index (χ1n) is 11.4. The van der Waals surface area contributed by atoms with Crippen LogP contribution in [0.15, 0.2) is 54.1 Å². The number of aliphatic hydroxyl groups excluding tert-OH is 1. The van der Waals surface area contributed by atoms with Crippen molar-refractivity contribution in [3.8, 4) is 11.5 Å². The highest BCUT2D eigenvalue weighted by Gasteiger charge is 2.46. The number of hydrogen-bond acceptors (Lipinski definition) is 7. The Bertz CT molecular complexity index is 1080. The molecule has 0 saturated carbocycles. The van der Waals surface area contributed by atoms with Crippen LogP contribution in [0.25, 0.3) is 5.76 Å². The van der Waals surface area contributed by atoms with Crippen LogP contribution in [0.5, 0.6) is 11.5 Å². The maximum atomic E-state index is 13.2. The largest absolute Gasteiger partial charge is 0.507 e. The van der Waals surface area contributed by atoms with Crippen LogP contribution in [0.1, 0.15) is 23.6 Å².